The number of hydrogen-bond donors (Lipinski definition) is 1. The molecule has 132 valence electrons. The lowest BCUT2D eigenvalue weighted by atomic mass is 9.82. The zero-order valence-corrected chi connectivity index (χ0v) is 15.7. The van der Waals surface area contributed by atoms with Gasteiger partial charge in [-0.3, -0.25) is 4.99 Å². The lowest BCUT2D eigenvalue weighted by Crippen LogP contribution is -2.42. The second-order valence-electron chi connectivity index (χ2n) is 7.21. The van der Waals surface area contributed by atoms with Crippen LogP contribution in [0.1, 0.15) is 35.3 Å². The zero-order valence-electron chi connectivity index (χ0n) is 14.9. The molecular formula is C18H28N4OS. The Morgan fingerprint density at radius 3 is 2.62 bits per heavy atom. The molecule has 0 aromatic carbocycles. The molecule has 4 rings (SSSR count). The van der Waals surface area contributed by atoms with Crippen molar-refractivity contribution in [1.82, 2.24) is 15.2 Å². The Kier molecular flexibility index (Phi) is 4.52. The molecule has 4 unspecified atom stereocenters. The number of hydrogen-bond acceptors (Lipinski definition) is 4. The van der Waals surface area contributed by atoms with Gasteiger partial charge < -0.3 is 15.0 Å². The third kappa shape index (κ3) is 2.84. The minimum atomic E-state index is 0.508. The van der Waals surface area contributed by atoms with Crippen LogP contribution in [0.5, 0.6) is 0 Å². The molecule has 24 heavy (non-hydrogen) atoms. The first-order valence-corrected chi connectivity index (χ1v) is 10.1. The maximum Gasteiger partial charge on any atom is 0.193 e. The third-order valence-corrected chi connectivity index (χ3v) is 6.93. The van der Waals surface area contributed by atoms with Crippen molar-refractivity contribution in [2.75, 3.05) is 26.7 Å². The highest BCUT2D eigenvalue weighted by molar-refractivity contribution is 7.11. The van der Waals surface area contributed by atoms with Gasteiger partial charge in [-0.05, 0) is 26.2 Å². The van der Waals surface area contributed by atoms with Gasteiger partial charge >= 0.3 is 0 Å². The Balaban J connectivity index is 1.31. The highest BCUT2D eigenvalue weighted by atomic mass is 32.1. The van der Waals surface area contributed by atoms with Crippen LogP contribution in [-0.2, 0) is 17.6 Å². The average molecular weight is 349 g/mol. The van der Waals surface area contributed by atoms with Crippen LogP contribution < -0.4 is 5.32 Å². The summed E-state index contributed by atoms with van der Waals surface area (Å²) in [7, 11) is 1.89. The first-order valence-electron chi connectivity index (χ1n) is 9.25. The molecule has 4 heterocycles. The lowest BCUT2D eigenvalue weighted by Gasteiger charge is -2.23. The van der Waals surface area contributed by atoms with Gasteiger partial charge in [-0.25, -0.2) is 4.98 Å². The molecule has 0 radical (unpaired) electrons. The number of aliphatic imine (C=N–C) groups is 1. The van der Waals surface area contributed by atoms with Gasteiger partial charge in [0.15, 0.2) is 5.96 Å². The van der Waals surface area contributed by atoms with Gasteiger partial charge in [0, 0.05) is 49.8 Å². The number of nitrogens with one attached hydrogen (secondary N) is 1. The van der Waals surface area contributed by atoms with E-state index in [0.29, 0.717) is 12.2 Å². The van der Waals surface area contributed by atoms with Crippen LogP contribution in [0.2, 0.25) is 0 Å². The number of aromatic nitrogens is 1. The Labute approximate surface area is 148 Å². The van der Waals surface area contributed by atoms with Crippen molar-refractivity contribution < 1.29 is 4.74 Å². The zero-order chi connectivity index (χ0) is 16.7. The van der Waals surface area contributed by atoms with Crippen LogP contribution in [0.3, 0.4) is 0 Å². The second-order valence-corrected chi connectivity index (χ2v) is 8.50. The summed E-state index contributed by atoms with van der Waals surface area (Å²) in [5, 5.41) is 4.78. The SMILES string of the molecule is CCc1nc(CCNC(=NC)N2CC3C4CCC(O4)C3C2)sc1C. The summed E-state index contributed by atoms with van der Waals surface area (Å²) < 4.78 is 6.07. The van der Waals surface area contributed by atoms with E-state index in [1.165, 1.54) is 28.4 Å². The molecule has 2 bridgehead atoms. The molecule has 1 aromatic heterocycles. The third-order valence-electron chi connectivity index (χ3n) is 5.86. The number of ether oxygens (including phenoxy) is 1. The van der Waals surface area contributed by atoms with Gasteiger partial charge in [0.05, 0.1) is 22.9 Å². The number of guanidine groups is 1. The maximum atomic E-state index is 6.07. The predicted octanol–water partition coefficient (Wildman–Crippen LogP) is 2.24. The smallest absolute Gasteiger partial charge is 0.193 e. The van der Waals surface area contributed by atoms with E-state index in [1.807, 2.05) is 18.4 Å². The highest BCUT2D eigenvalue weighted by Crippen LogP contribution is 2.47. The van der Waals surface area contributed by atoms with Crippen molar-refractivity contribution in [1.29, 1.82) is 0 Å². The van der Waals surface area contributed by atoms with Crippen LogP contribution in [0.25, 0.3) is 0 Å². The molecule has 0 spiro atoms. The molecular weight excluding hydrogens is 320 g/mol. The Morgan fingerprint density at radius 1 is 1.33 bits per heavy atom. The van der Waals surface area contributed by atoms with Crippen molar-refractivity contribution >= 4 is 17.3 Å². The van der Waals surface area contributed by atoms with Crippen molar-refractivity contribution in [3.05, 3.63) is 15.6 Å². The summed E-state index contributed by atoms with van der Waals surface area (Å²) in [6, 6.07) is 0. The number of nitrogens with zero attached hydrogens (tertiary/aromatic N) is 3. The topological polar surface area (TPSA) is 49.8 Å². The fraction of sp³-hybridized carbons (Fsp3) is 0.778. The molecule has 0 saturated carbocycles. The predicted molar refractivity (Wildman–Crippen MR) is 97.7 cm³/mol. The van der Waals surface area contributed by atoms with Crippen LogP contribution in [0.4, 0.5) is 0 Å². The molecule has 1 N–H and O–H groups in total. The van der Waals surface area contributed by atoms with E-state index in [9.17, 15) is 0 Å². The van der Waals surface area contributed by atoms with Crippen LogP contribution in [-0.4, -0.2) is 54.7 Å². The molecule has 0 aliphatic carbocycles. The minimum Gasteiger partial charge on any atom is -0.374 e. The standard InChI is InChI=1S/C18H28N4OS/c1-4-14-11(2)24-17(21-14)7-8-20-18(19-3)22-9-12-13(10-22)16-6-5-15(12)23-16/h12-13,15-16H,4-10H2,1-3H3,(H,19,20). The van der Waals surface area contributed by atoms with Crippen molar-refractivity contribution in [2.24, 2.45) is 16.8 Å². The van der Waals surface area contributed by atoms with E-state index in [0.717, 1.165) is 50.3 Å². The van der Waals surface area contributed by atoms with Gasteiger partial charge in [0.1, 0.15) is 0 Å². The molecule has 3 fully saturated rings. The van der Waals surface area contributed by atoms with Gasteiger partial charge in [-0.1, -0.05) is 6.92 Å². The fourth-order valence-corrected chi connectivity index (χ4v) is 5.69. The summed E-state index contributed by atoms with van der Waals surface area (Å²) in [4.78, 5) is 13.0. The summed E-state index contributed by atoms with van der Waals surface area (Å²) in [5.74, 6) is 2.49. The Morgan fingerprint density at radius 2 is 2.04 bits per heavy atom. The van der Waals surface area contributed by atoms with Gasteiger partial charge in [-0.15, -0.1) is 11.3 Å². The summed E-state index contributed by atoms with van der Waals surface area (Å²) in [5.41, 5.74) is 1.25. The molecule has 1 aromatic rings. The van der Waals surface area contributed by atoms with Gasteiger partial charge in [0.25, 0.3) is 0 Å². The molecule has 3 aliphatic heterocycles. The van der Waals surface area contributed by atoms with Crippen molar-refractivity contribution in [3.8, 4) is 0 Å². The molecule has 5 nitrogen and oxygen atoms in total. The Bertz CT molecular complexity index is 611. The van der Waals surface area contributed by atoms with E-state index in [1.54, 1.807) is 0 Å². The maximum absolute atomic E-state index is 6.07. The number of thiazole rings is 1. The van der Waals surface area contributed by atoms with E-state index in [-0.39, 0.29) is 0 Å². The van der Waals surface area contributed by atoms with Crippen molar-refractivity contribution in [3.63, 3.8) is 0 Å². The molecule has 4 atom stereocenters. The molecule has 6 heteroatoms. The summed E-state index contributed by atoms with van der Waals surface area (Å²) >= 11 is 1.83. The first kappa shape index (κ1) is 16.3. The van der Waals surface area contributed by atoms with Crippen LogP contribution >= 0.6 is 11.3 Å². The first-order chi connectivity index (χ1) is 11.7. The fourth-order valence-electron chi connectivity index (χ4n) is 4.67. The number of fused-ring (bicyclic) bond motifs is 5. The van der Waals surface area contributed by atoms with E-state index in [2.05, 4.69) is 29.1 Å². The highest BCUT2D eigenvalue weighted by Gasteiger charge is 2.53. The average Bonchev–Trinajstić information content (AvgIpc) is 3.32. The van der Waals surface area contributed by atoms with E-state index < -0.39 is 0 Å². The van der Waals surface area contributed by atoms with Crippen LogP contribution in [0.15, 0.2) is 4.99 Å². The van der Waals surface area contributed by atoms with E-state index >= 15 is 0 Å². The summed E-state index contributed by atoms with van der Waals surface area (Å²) in [6.45, 7) is 7.44. The number of aryl methyl sites for hydroxylation is 2. The molecule has 3 saturated heterocycles. The monoisotopic (exact) mass is 348 g/mol. The van der Waals surface area contributed by atoms with Crippen molar-refractivity contribution in [2.45, 2.75) is 51.7 Å². The molecule has 3 aliphatic rings. The molecule has 0 amide bonds. The lowest BCUT2D eigenvalue weighted by molar-refractivity contribution is 0.0767. The van der Waals surface area contributed by atoms with E-state index in [4.69, 9.17) is 9.72 Å². The van der Waals surface area contributed by atoms with Gasteiger partial charge in [0.2, 0.25) is 0 Å². The van der Waals surface area contributed by atoms with Gasteiger partial charge in [-0.2, -0.15) is 0 Å². The largest absolute Gasteiger partial charge is 0.374 e. The number of likely N-dealkylation sites (tertiary alicyclic amines) is 1. The second kappa shape index (κ2) is 6.64. The Hall–Kier alpha value is -1.14. The minimum absolute atomic E-state index is 0.508. The summed E-state index contributed by atoms with van der Waals surface area (Å²) in [6.07, 6.45) is 5.53. The van der Waals surface area contributed by atoms with Crippen LogP contribution in [0, 0.1) is 18.8 Å². The normalized spacial score (nSPS) is 31.8. The quantitative estimate of drug-likeness (QED) is 0.670. The number of rotatable bonds is 4.